The zero-order chi connectivity index (χ0) is 19.1. The van der Waals surface area contributed by atoms with E-state index in [1.807, 2.05) is 36.1 Å². The van der Waals surface area contributed by atoms with Crippen LogP contribution in [0.25, 0.3) is 0 Å². The van der Waals surface area contributed by atoms with Crippen LogP contribution in [0.2, 0.25) is 0 Å². The maximum Gasteiger partial charge on any atom is 0.246 e. The average molecular weight is 371 g/mol. The molecule has 1 atom stereocenters. The molecule has 6 heteroatoms. The van der Waals surface area contributed by atoms with Gasteiger partial charge < -0.3 is 15.4 Å². The highest BCUT2D eigenvalue weighted by Crippen LogP contribution is 2.26. The van der Waals surface area contributed by atoms with Crippen LogP contribution in [0, 0.1) is 5.82 Å². The van der Waals surface area contributed by atoms with Crippen LogP contribution >= 0.6 is 0 Å². The van der Waals surface area contributed by atoms with Crippen molar-refractivity contribution in [3.05, 3.63) is 65.5 Å². The second kappa shape index (κ2) is 9.60. The van der Waals surface area contributed by atoms with Crippen molar-refractivity contribution in [1.29, 1.82) is 0 Å². The standard InChI is InChI=1S/C21H26FN3O2/c1-2-23-15-16-6-5-7-17(14-16)24-21(26)20(25-10-12-27-13-11-25)18-8-3-4-9-19(18)22/h3-9,14,20,23H,2,10-13,15H2,1H3,(H,24,26). The summed E-state index contributed by atoms with van der Waals surface area (Å²) < 4.78 is 19.8. The molecule has 1 fully saturated rings. The number of nitrogens with one attached hydrogen (secondary N) is 2. The maximum absolute atomic E-state index is 14.5. The topological polar surface area (TPSA) is 53.6 Å². The number of carbonyl (C=O) groups is 1. The van der Waals surface area contributed by atoms with Crippen molar-refractivity contribution in [1.82, 2.24) is 10.2 Å². The zero-order valence-electron chi connectivity index (χ0n) is 15.6. The van der Waals surface area contributed by atoms with Crippen molar-refractivity contribution in [2.24, 2.45) is 0 Å². The van der Waals surface area contributed by atoms with E-state index in [4.69, 9.17) is 4.74 Å². The Labute approximate surface area is 159 Å². The second-order valence-electron chi connectivity index (χ2n) is 6.54. The van der Waals surface area contributed by atoms with Gasteiger partial charge in [0, 0.05) is 30.9 Å². The number of nitrogens with zero attached hydrogens (tertiary/aromatic N) is 1. The molecular weight excluding hydrogens is 345 g/mol. The summed E-state index contributed by atoms with van der Waals surface area (Å²) >= 11 is 0. The summed E-state index contributed by atoms with van der Waals surface area (Å²) in [4.78, 5) is 15.1. The molecule has 1 amide bonds. The van der Waals surface area contributed by atoms with Crippen molar-refractivity contribution in [3.63, 3.8) is 0 Å². The summed E-state index contributed by atoms with van der Waals surface area (Å²) in [5, 5.41) is 6.23. The molecule has 0 aliphatic carbocycles. The van der Waals surface area contributed by atoms with E-state index >= 15 is 0 Å². The van der Waals surface area contributed by atoms with Crippen LogP contribution < -0.4 is 10.6 Å². The molecule has 1 heterocycles. The van der Waals surface area contributed by atoms with Crippen LogP contribution in [0.15, 0.2) is 48.5 Å². The van der Waals surface area contributed by atoms with E-state index < -0.39 is 6.04 Å². The molecule has 2 N–H and O–H groups in total. The lowest BCUT2D eigenvalue weighted by atomic mass is 10.0. The minimum Gasteiger partial charge on any atom is -0.379 e. The lowest BCUT2D eigenvalue weighted by molar-refractivity contribution is -0.123. The van der Waals surface area contributed by atoms with Gasteiger partial charge in [-0.3, -0.25) is 9.69 Å². The smallest absolute Gasteiger partial charge is 0.246 e. The highest BCUT2D eigenvalue weighted by atomic mass is 19.1. The van der Waals surface area contributed by atoms with E-state index in [9.17, 15) is 9.18 Å². The Hall–Kier alpha value is -2.28. The number of benzene rings is 2. The number of anilines is 1. The highest BCUT2D eigenvalue weighted by Gasteiger charge is 2.31. The third-order valence-corrected chi connectivity index (χ3v) is 4.63. The van der Waals surface area contributed by atoms with E-state index in [1.165, 1.54) is 6.07 Å². The monoisotopic (exact) mass is 371 g/mol. The van der Waals surface area contributed by atoms with Crippen LogP contribution in [-0.4, -0.2) is 43.7 Å². The molecule has 0 radical (unpaired) electrons. The summed E-state index contributed by atoms with van der Waals surface area (Å²) in [5.41, 5.74) is 2.19. The molecule has 27 heavy (non-hydrogen) atoms. The van der Waals surface area contributed by atoms with Crippen molar-refractivity contribution < 1.29 is 13.9 Å². The third kappa shape index (κ3) is 5.13. The van der Waals surface area contributed by atoms with Crippen molar-refractivity contribution >= 4 is 11.6 Å². The summed E-state index contributed by atoms with van der Waals surface area (Å²) in [5.74, 6) is -0.604. The van der Waals surface area contributed by atoms with Gasteiger partial charge >= 0.3 is 0 Å². The Kier molecular flexibility index (Phi) is 6.92. The molecule has 3 rings (SSSR count). The van der Waals surface area contributed by atoms with Gasteiger partial charge in [-0.25, -0.2) is 4.39 Å². The molecule has 2 aromatic carbocycles. The van der Waals surface area contributed by atoms with E-state index in [0.717, 1.165) is 18.7 Å². The summed E-state index contributed by atoms with van der Waals surface area (Å²) in [6.45, 7) is 5.92. The normalized spacial score (nSPS) is 16.1. The Balaban J connectivity index is 1.82. The van der Waals surface area contributed by atoms with Crippen molar-refractivity contribution in [2.75, 3.05) is 38.2 Å². The largest absolute Gasteiger partial charge is 0.379 e. The lowest BCUT2D eigenvalue weighted by Crippen LogP contribution is -2.44. The molecule has 2 aromatic rings. The molecule has 1 aliphatic heterocycles. The molecule has 0 spiro atoms. The fourth-order valence-corrected chi connectivity index (χ4v) is 3.28. The van der Waals surface area contributed by atoms with Crippen LogP contribution in [0.1, 0.15) is 24.1 Å². The van der Waals surface area contributed by atoms with Gasteiger partial charge in [0.05, 0.1) is 13.2 Å². The summed E-state index contributed by atoms with van der Waals surface area (Å²) in [6.07, 6.45) is 0. The molecular formula is C21H26FN3O2. The number of morpholine rings is 1. The number of amides is 1. The third-order valence-electron chi connectivity index (χ3n) is 4.63. The fourth-order valence-electron chi connectivity index (χ4n) is 3.28. The summed E-state index contributed by atoms with van der Waals surface area (Å²) in [6, 6.07) is 13.5. The van der Waals surface area contributed by atoms with Gasteiger partial charge in [-0.15, -0.1) is 0 Å². The lowest BCUT2D eigenvalue weighted by Gasteiger charge is -2.34. The molecule has 5 nitrogen and oxygen atoms in total. The Morgan fingerprint density at radius 1 is 1.19 bits per heavy atom. The number of hydrogen-bond donors (Lipinski definition) is 2. The number of carbonyl (C=O) groups excluding carboxylic acids is 1. The first-order valence-electron chi connectivity index (χ1n) is 9.35. The molecule has 0 aromatic heterocycles. The van der Waals surface area contributed by atoms with Crippen molar-refractivity contribution in [2.45, 2.75) is 19.5 Å². The van der Waals surface area contributed by atoms with Crippen LogP contribution in [-0.2, 0) is 16.1 Å². The van der Waals surface area contributed by atoms with Crippen LogP contribution in [0.5, 0.6) is 0 Å². The van der Waals surface area contributed by atoms with E-state index in [1.54, 1.807) is 18.2 Å². The quantitative estimate of drug-likeness (QED) is 0.786. The Morgan fingerprint density at radius 2 is 1.96 bits per heavy atom. The molecule has 1 aliphatic rings. The van der Waals surface area contributed by atoms with Gasteiger partial charge in [0.25, 0.3) is 0 Å². The van der Waals surface area contributed by atoms with E-state index in [0.29, 0.717) is 37.6 Å². The van der Waals surface area contributed by atoms with Gasteiger partial charge in [0.2, 0.25) is 5.91 Å². The first-order chi connectivity index (χ1) is 13.2. The van der Waals surface area contributed by atoms with Crippen molar-refractivity contribution in [3.8, 4) is 0 Å². The minimum absolute atomic E-state index is 0.234. The first kappa shape index (κ1) is 19.5. The van der Waals surface area contributed by atoms with E-state index in [2.05, 4.69) is 10.6 Å². The number of hydrogen-bond acceptors (Lipinski definition) is 4. The Bertz CT molecular complexity index is 763. The van der Waals surface area contributed by atoms with Gasteiger partial charge in [-0.05, 0) is 30.3 Å². The fraction of sp³-hybridized carbons (Fsp3) is 0.381. The zero-order valence-corrected chi connectivity index (χ0v) is 15.6. The summed E-state index contributed by atoms with van der Waals surface area (Å²) in [7, 11) is 0. The SMILES string of the molecule is CCNCc1cccc(NC(=O)C(c2ccccc2F)N2CCOCC2)c1. The molecule has 1 saturated heterocycles. The van der Waals surface area contributed by atoms with E-state index in [-0.39, 0.29) is 11.7 Å². The maximum atomic E-state index is 14.5. The molecule has 1 unspecified atom stereocenters. The van der Waals surface area contributed by atoms with Crippen LogP contribution in [0.4, 0.5) is 10.1 Å². The Morgan fingerprint density at radius 3 is 2.70 bits per heavy atom. The van der Waals surface area contributed by atoms with Gasteiger partial charge in [-0.1, -0.05) is 37.3 Å². The molecule has 144 valence electrons. The number of ether oxygens (including phenoxy) is 1. The molecule has 0 saturated carbocycles. The van der Waals surface area contributed by atoms with Gasteiger partial charge in [-0.2, -0.15) is 0 Å². The van der Waals surface area contributed by atoms with Gasteiger partial charge in [0.15, 0.2) is 0 Å². The molecule has 0 bridgehead atoms. The van der Waals surface area contributed by atoms with Crippen LogP contribution in [0.3, 0.4) is 0 Å². The predicted octanol–water partition coefficient (Wildman–Crippen LogP) is 2.95. The average Bonchev–Trinajstić information content (AvgIpc) is 2.69. The predicted molar refractivity (Wildman–Crippen MR) is 104 cm³/mol. The first-order valence-corrected chi connectivity index (χ1v) is 9.35. The highest BCUT2D eigenvalue weighted by molar-refractivity contribution is 5.95. The number of halogens is 1. The van der Waals surface area contributed by atoms with Gasteiger partial charge in [0.1, 0.15) is 11.9 Å². The second-order valence-corrected chi connectivity index (χ2v) is 6.54. The minimum atomic E-state index is -0.687. The number of rotatable bonds is 7.